The van der Waals surface area contributed by atoms with Crippen LogP contribution in [0.1, 0.15) is 26.2 Å². The van der Waals surface area contributed by atoms with Gasteiger partial charge in [0.15, 0.2) is 0 Å². The lowest BCUT2D eigenvalue weighted by molar-refractivity contribution is 0.167. The standard InChI is InChI=1S/C9H19NOS/c1-3-10-9(7-11)5-4-8(6-9)12-2/h8,10-11H,3-7H2,1-2H3. The highest BCUT2D eigenvalue weighted by molar-refractivity contribution is 7.99. The van der Waals surface area contributed by atoms with Crippen molar-refractivity contribution in [3.8, 4) is 0 Å². The van der Waals surface area contributed by atoms with E-state index in [2.05, 4.69) is 18.5 Å². The van der Waals surface area contributed by atoms with E-state index in [0.717, 1.165) is 24.6 Å². The van der Waals surface area contributed by atoms with E-state index < -0.39 is 0 Å². The summed E-state index contributed by atoms with van der Waals surface area (Å²) in [7, 11) is 0. The van der Waals surface area contributed by atoms with Gasteiger partial charge in [0.1, 0.15) is 0 Å². The van der Waals surface area contributed by atoms with Gasteiger partial charge < -0.3 is 10.4 Å². The molecule has 0 amide bonds. The lowest BCUT2D eigenvalue weighted by Gasteiger charge is -2.27. The summed E-state index contributed by atoms with van der Waals surface area (Å²) < 4.78 is 0. The second kappa shape index (κ2) is 4.49. The minimum Gasteiger partial charge on any atom is -0.394 e. The zero-order chi connectivity index (χ0) is 9.03. The zero-order valence-electron chi connectivity index (χ0n) is 7.97. The summed E-state index contributed by atoms with van der Waals surface area (Å²) in [6, 6.07) is 0. The maximum Gasteiger partial charge on any atom is 0.0613 e. The minimum atomic E-state index is 0.0441. The first-order valence-corrected chi connectivity index (χ1v) is 5.94. The molecule has 2 unspecified atom stereocenters. The van der Waals surface area contributed by atoms with E-state index in [1.165, 1.54) is 6.42 Å². The van der Waals surface area contributed by atoms with Crippen LogP contribution in [0.5, 0.6) is 0 Å². The molecule has 0 aliphatic heterocycles. The molecule has 1 saturated carbocycles. The normalized spacial score (nSPS) is 35.8. The molecule has 0 spiro atoms. The van der Waals surface area contributed by atoms with Crippen LogP contribution in [0.4, 0.5) is 0 Å². The SMILES string of the molecule is CCNC1(CO)CCC(SC)C1. The van der Waals surface area contributed by atoms with Gasteiger partial charge in [-0.1, -0.05) is 6.92 Å². The van der Waals surface area contributed by atoms with Gasteiger partial charge in [-0.15, -0.1) is 0 Å². The Morgan fingerprint density at radius 1 is 1.67 bits per heavy atom. The van der Waals surface area contributed by atoms with Gasteiger partial charge in [-0.3, -0.25) is 0 Å². The second-order valence-electron chi connectivity index (χ2n) is 3.57. The summed E-state index contributed by atoms with van der Waals surface area (Å²) in [4.78, 5) is 0. The Kier molecular flexibility index (Phi) is 3.87. The Hall–Kier alpha value is 0.270. The van der Waals surface area contributed by atoms with Crippen molar-refractivity contribution in [1.82, 2.24) is 5.32 Å². The summed E-state index contributed by atoms with van der Waals surface area (Å²) in [5, 5.41) is 13.4. The van der Waals surface area contributed by atoms with Crippen molar-refractivity contribution in [2.24, 2.45) is 0 Å². The maximum absolute atomic E-state index is 9.29. The number of aliphatic hydroxyl groups excluding tert-OH is 1. The van der Waals surface area contributed by atoms with Crippen LogP contribution in [-0.2, 0) is 0 Å². The third-order valence-electron chi connectivity index (χ3n) is 2.75. The predicted octanol–water partition coefficient (Wildman–Crippen LogP) is 1.24. The molecule has 3 heteroatoms. The van der Waals surface area contributed by atoms with E-state index in [1.807, 2.05) is 11.8 Å². The molecule has 0 aromatic rings. The largest absolute Gasteiger partial charge is 0.394 e. The van der Waals surface area contributed by atoms with Crippen LogP contribution in [0.25, 0.3) is 0 Å². The highest BCUT2D eigenvalue weighted by Gasteiger charge is 2.37. The predicted molar refractivity (Wildman–Crippen MR) is 54.6 cm³/mol. The van der Waals surface area contributed by atoms with E-state index in [-0.39, 0.29) is 12.1 Å². The number of hydrogen-bond donors (Lipinski definition) is 2. The molecule has 0 heterocycles. The van der Waals surface area contributed by atoms with Crippen molar-refractivity contribution in [2.45, 2.75) is 37.0 Å². The Morgan fingerprint density at radius 2 is 2.42 bits per heavy atom. The van der Waals surface area contributed by atoms with Gasteiger partial charge in [0.2, 0.25) is 0 Å². The van der Waals surface area contributed by atoms with Crippen molar-refractivity contribution in [3.05, 3.63) is 0 Å². The molecule has 2 N–H and O–H groups in total. The van der Waals surface area contributed by atoms with E-state index in [4.69, 9.17) is 0 Å². The van der Waals surface area contributed by atoms with E-state index in [0.29, 0.717) is 0 Å². The Bertz CT molecular complexity index is 142. The smallest absolute Gasteiger partial charge is 0.0613 e. The first-order chi connectivity index (χ1) is 5.76. The van der Waals surface area contributed by atoms with Crippen LogP contribution >= 0.6 is 11.8 Å². The number of hydrogen-bond acceptors (Lipinski definition) is 3. The first-order valence-electron chi connectivity index (χ1n) is 4.65. The lowest BCUT2D eigenvalue weighted by atomic mass is 9.99. The highest BCUT2D eigenvalue weighted by atomic mass is 32.2. The average molecular weight is 189 g/mol. The van der Waals surface area contributed by atoms with Crippen molar-refractivity contribution in [1.29, 1.82) is 0 Å². The van der Waals surface area contributed by atoms with Gasteiger partial charge in [0, 0.05) is 10.8 Å². The summed E-state index contributed by atoms with van der Waals surface area (Å²) in [6.45, 7) is 3.35. The number of aliphatic hydroxyl groups is 1. The first kappa shape index (κ1) is 10.4. The summed E-state index contributed by atoms with van der Waals surface area (Å²) in [5.41, 5.74) is 0.0441. The van der Waals surface area contributed by atoms with Gasteiger partial charge in [0.05, 0.1) is 6.61 Å². The van der Waals surface area contributed by atoms with Crippen molar-refractivity contribution in [2.75, 3.05) is 19.4 Å². The number of nitrogens with one attached hydrogen (secondary N) is 1. The summed E-state index contributed by atoms with van der Waals surface area (Å²) >= 11 is 1.92. The van der Waals surface area contributed by atoms with Crippen LogP contribution in [0.2, 0.25) is 0 Å². The quantitative estimate of drug-likeness (QED) is 0.698. The van der Waals surface area contributed by atoms with Crippen molar-refractivity contribution >= 4 is 11.8 Å². The fourth-order valence-corrected chi connectivity index (χ4v) is 2.85. The molecule has 0 radical (unpaired) electrons. The maximum atomic E-state index is 9.29. The molecule has 1 aliphatic rings. The molecule has 2 nitrogen and oxygen atoms in total. The Balaban J connectivity index is 2.47. The van der Waals surface area contributed by atoms with Gasteiger partial charge in [0.25, 0.3) is 0 Å². The van der Waals surface area contributed by atoms with Crippen molar-refractivity contribution < 1.29 is 5.11 Å². The number of rotatable bonds is 4. The van der Waals surface area contributed by atoms with E-state index in [1.54, 1.807) is 0 Å². The molecule has 0 aromatic carbocycles. The second-order valence-corrected chi connectivity index (χ2v) is 4.71. The molecule has 0 aromatic heterocycles. The van der Waals surface area contributed by atoms with Crippen LogP contribution in [0.3, 0.4) is 0 Å². The van der Waals surface area contributed by atoms with Gasteiger partial charge in [-0.05, 0) is 32.1 Å². The number of likely N-dealkylation sites (N-methyl/N-ethyl adjacent to an activating group) is 1. The molecule has 1 fully saturated rings. The molecule has 0 bridgehead atoms. The summed E-state index contributed by atoms with van der Waals surface area (Å²) in [6.07, 6.45) is 5.65. The monoisotopic (exact) mass is 189 g/mol. The Morgan fingerprint density at radius 3 is 2.83 bits per heavy atom. The molecule has 1 rings (SSSR count). The number of thioether (sulfide) groups is 1. The zero-order valence-corrected chi connectivity index (χ0v) is 8.78. The summed E-state index contributed by atoms with van der Waals surface area (Å²) in [5.74, 6) is 0. The molecule has 0 saturated heterocycles. The van der Waals surface area contributed by atoms with Gasteiger partial charge in [-0.25, -0.2) is 0 Å². The van der Waals surface area contributed by atoms with Gasteiger partial charge >= 0.3 is 0 Å². The molecule has 2 atom stereocenters. The van der Waals surface area contributed by atoms with Crippen LogP contribution in [0.15, 0.2) is 0 Å². The van der Waals surface area contributed by atoms with Crippen molar-refractivity contribution in [3.63, 3.8) is 0 Å². The fourth-order valence-electron chi connectivity index (χ4n) is 2.01. The van der Waals surface area contributed by atoms with Crippen LogP contribution in [-0.4, -0.2) is 35.3 Å². The molecule has 1 aliphatic carbocycles. The minimum absolute atomic E-state index is 0.0441. The van der Waals surface area contributed by atoms with Crippen LogP contribution < -0.4 is 5.32 Å². The molecule has 12 heavy (non-hydrogen) atoms. The fraction of sp³-hybridized carbons (Fsp3) is 1.00. The van der Waals surface area contributed by atoms with E-state index >= 15 is 0 Å². The topological polar surface area (TPSA) is 32.3 Å². The van der Waals surface area contributed by atoms with Crippen LogP contribution in [0, 0.1) is 0 Å². The molecular formula is C9H19NOS. The Labute approximate surface area is 79.1 Å². The molecule has 72 valence electrons. The van der Waals surface area contributed by atoms with Gasteiger partial charge in [-0.2, -0.15) is 11.8 Å². The third-order valence-corrected chi connectivity index (χ3v) is 3.82. The third kappa shape index (κ3) is 2.15. The van der Waals surface area contributed by atoms with E-state index in [9.17, 15) is 5.11 Å². The molecular weight excluding hydrogens is 170 g/mol. The average Bonchev–Trinajstić information content (AvgIpc) is 2.50. The highest BCUT2D eigenvalue weighted by Crippen LogP contribution is 2.35. The lowest BCUT2D eigenvalue weighted by Crippen LogP contribution is -2.46.